The minimum absolute atomic E-state index is 0.333. The molecule has 1 heterocycles. The summed E-state index contributed by atoms with van der Waals surface area (Å²) in [6.45, 7) is 6.98. The highest BCUT2D eigenvalue weighted by Gasteiger charge is 2.37. The van der Waals surface area contributed by atoms with E-state index in [0.717, 1.165) is 0 Å². The fraction of sp³-hybridized carbons (Fsp3) is 0.898. The van der Waals surface area contributed by atoms with Crippen LogP contribution in [0.4, 0.5) is 0 Å². The maximum Gasteiger partial charge on any atom is 0.169 e. The van der Waals surface area contributed by atoms with E-state index in [1.165, 1.54) is 257 Å². The lowest BCUT2D eigenvalue weighted by Crippen LogP contribution is -2.55. The molecule has 0 radical (unpaired) electrons. The van der Waals surface area contributed by atoms with Crippen molar-refractivity contribution in [3.05, 3.63) is 30.6 Å². The van der Waals surface area contributed by atoms with Gasteiger partial charge in [-0.25, -0.2) is 0 Å². The molecule has 0 aliphatic heterocycles. The minimum Gasteiger partial charge on any atom is -0.200 e. The molecule has 1 heteroatoms. The molecule has 294 valence electrons. The molecule has 50 heavy (non-hydrogen) atoms. The monoisotopic (exact) mass is 697 g/mol. The van der Waals surface area contributed by atoms with Crippen LogP contribution in [0.3, 0.4) is 0 Å². The maximum atomic E-state index is 2.67. The number of aromatic nitrogens is 1. The summed E-state index contributed by atoms with van der Waals surface area (Å²) in [5, 5.41) is 0. The molecule has 0 aliphatic rings. The summed E-state index contributed by atoms with van der Waals surface area (Å²) >= 11 is 0. The van der Waals surface area contributed by atoms with Gasteiger partial charge in [-0.3, -0.25) is 0 Å². The van der Waals surface area contributed by atoms with Crippen LogP contribution in [0.2, 0.25) is 0 Å². The van der Waals surface area contributed by atoms with E-state index in [9.17, 15) is 0 Å². The number of rotatable bonds is 41. The average Bonchev–Trinajstić information content (AvgIpc) is 3.14. The first kappa shape index (κ1) is 47.2. The van der Waals surface area contributed by atoms with Crippen LogP contribution in [0, 0.1) is 0 Å². The Kier molecular flexibility index (Phi) is 35.7. The first-order valence-electron chi connectivity index (χ1n) is 23.8. The highest BCUT2D eigenvalue weighted by Crippen LogP contribution is 2.32. The van der Waals surface area contributed by atoms with Gasteiger partial charge in [0.1, 0.15) is 0 Å². The van der Waals surface area contributed by atoms with E-state index < -0.39 is 0 Å². The Balaban J connectivity index is 2.32. The molecule has 0 N–H and O–H groups in total. The van der Waals surface area contributed by atoms with E-state index in [2.05, 4.69) is 55.9 Å². The van der Waals surface area contributed by atoms with Crippen molar-refractivity contribution >= 4 is 0 Å². The van der Waals surface area contributed by atoms with Crippen molar-refractivity contribution in [2.24, 2.45) is 0 Å². The number of unbranched alkanes of at least 4 members (excludes halogenated alkanes) is 34. The molecule has 0 saturated carbocycles. The van der Waals surface area contributed by atoms with Crippen molar-refractivity contribution in [1.29, 1.82) is 0 Å². The average molecular weight is 697 g/mol. The molecular formula is C49H94N+. The van der Waals surface area contributed by atoms with E-state index in [4.69, 9.17) is 0 Å². The lowest BCUT2D eigenvalue weighted by atomic mass is 9.81. The van der Waals surface area contributed by atoms with Gasteiger partial charge in [-0.05, 0) is 19.3 Å². The van der Waals surface area contributed by atoms with E-state index in [0.29, 0.717) is 5.54 Å². The quantitative estimate of drug-likeness (QED) is 0.0474. The van der Waals surface area contributed by atoms with E-state index >= 15 is 0 Å². The highest BCUT2D eigenvalue weighted by molar-refractivity contribution is 4.86. The van der Waals surface area contributed by atoms with Gasteiger partial charge in [-0.2, -0.15) is 4.57 Å². The third-order valence-electron chi connectivity index (χ3n) is 12.0. The first-order valence-corrected chi connectivity index (χ1v) is 23.8. The number of nitrogens with zero attached hydrogens (tertiary/aromatic N) is 1. The van der Waals surface area contributed by atoms with Crippen LogP contribution < -0.4 is 4.57 Å². The van der Waals surface area contributed by atoms with Gasteiger partial charge in [0.2, 0.25) is 0 Å². The van der Waals surface area contributed by atoms with Crippen molar-refractivity contribution in [3.8, 4) is 0 Å². The lowest BCUT2D eigenvalue weighted by Gasteiger charge is -2.29. The van der Waals surface area contributed by atoms with Crippen molar-refractivity contribution in [1.82, 2.24) is 0 Å². The second-order valence-corrected chi connectivity index (χ2v) is 16.8. The summed E-state index contributed by atoms with van der Waals surface area (Å²) in [4.78, 5) is 0. The van der Waals surface area contributed by atoms with Gasteiger partial charge in [0, 0.05) is 31.4 Å². The minimum atomic E-state index is 0.333. The van der Waals surface area contributed by atoms with Crippen LogP contribution in [-0.2, 0) is 5.54 Å². The van der Waals surface area contributed by atoms with Crippen LogP contribution in [0.15, 0.2) is 30.6 Å². The number of hydrogen-bond acceptors (Lipinski definition) is 0. The fourth-order valence-electron chi connectivity index (χ4n) is 8.54. The summed E-state index contributed by atoms with van der Waals surface area (Å²) in [6, 6.07) is 6.78. The zero-order chi connectivity index (χ0) is 35.9. The number of hydrogen-bond donors (Lipinski definition) is 0. The summed E-state index contributed by atoms with van der Waals surface area (Å²) in [5.74, 6) is 0. The standard InChI is InChI=1S/C49H94N/c1-4-7-10-13-15-17-19-21-23-25-27-29-31-33-36-40-45-49(44-39-35-12-9-6-3,50-47-42-38-43-48-50)46-41-37-34-32-30-28-26-24-22-20-18-16-14-11-8-5-2/h38,42-43,47-48H,4-37,39-41,44-46H2,1-3H3/q+1. The summed E-state index contributed by atoms with van der Waals surface area (Å²) in [6.07, 6.45) is 62.5. The zero-order valence-electron chi connectivity index (χ0n) is 35.1. The molecule has 0 saturated heterocycles. The van der Waals surface area contributed by atoms with Gasteiger partial charge in [-0.15, -0.1) is 0 Å². The van der Waals surface area contributed by atoms with Crippen LogP contribution in [0.1, 0.15) is 278 Å². The second kappa shape index (κ2) is 37.9. The molecule has 1 nitrogen and oxygen atoms in total. The molecule has 1 aromatic heterocycles. The predicted molar refractivity (Wildman–Crippen MR) is 226 cm³/mol. The van der Waals surface area contributed by atoms with Gasteiger partial charge < -0.3 is 0 Å². The van der Waals surface area contributed by atoms with Crippen LogP contribution >= 0.6 is 0 Å². The van der Waals surface area contributed by atoms with Gasteiger partial charge in [0.25, 0.3) is 0 Å². The summed E-state index contributed by atoms with van der Waals surface area (Å²) in [7, 11) is 0. The second-order valence-electron chi connectivity index (χ2n) is 16.8. The van der Waals surface area contributed by atoms with Crippen LogP contribution in [0.25, 0.3) is 0 Å². The predicted octanol–water partition coefficient (Wildman–Crippen LogP) is 17.3. The topological polar surface area (TPSA) is 3.88 Å². The van der Waals surface area contributed by atoms with Gasteiger partial charge in [0.15, 0.2) is 17.9 Å². The molecule has 0 spiro atoms. The normalized spacial score (nSPS) is 11.9. The SMILES string of the molecule is CCCCCCCCCCCCCCCCCCC(CCCCCCC)(CCCCCCCCCCCCCCCCCC)[n+]1ccccc1. The maximum absolute atomic E-state index is 2.67. The van der Waals surface area contributed by atoms with Gasteiger partial charge >= 0.3 is 0 Å². The molecule has 0 unspecified atom stereocenters. The fourth-order valence-corrected chi connectivity index (χ4v) is 8.54. The smallest absolute Gasteiger partial charge is 0.169 e. The van der Waals surface area contributed by atoms with Gasteiger partial charge in [-0.1, -0.05) is 245 Å². The van der Waals surface area contributed by atoms with Crippen LogP contribution in [-0.4, -0.2) is 0 Å². The molecule has 0 fully saturated rings. The third kappa shape index (κ3) is 28.7. The van der Waals surface area contributed by atoms with E-state index in [1.807, 2.05) is 0 Å². The van der Waals surface area contributed by atoms with Crippen LogP contribution in [0.5, 0.6) is 0 Å². The van der Waals surface area contributed by atoms with Crippen molar-refractivity contribution in [2.75, 3.05) is 0 Å². The molecule has 0 atom stereocenters. The molecule has 1 rings (SSSR count). The Hall–Kier alpha value is -0.850. The Labute approximate surface area is 317 Å². The van der Waals surface area contributed by atoms with Crippen molar-refractivity contribution in [3.63, 3.8) is 0 Å². The summed E-state index contributed by atoms with van der Waals surface area (Å²) < 4.78 is 2.67. The largest absolute Gasteiger partial charge is 0.200 e. The molecular weight excluding hydrogens is 603 g/mol. The Morgan fingerprint density at radius 2 is 0.460 bits per heavy atom. The van der Waals surface area contributed by atoms with Crippen molar-refractivity contribution in [2.45, 2.75) is 283 Å². The Morgan fingerprint density at radius 3 is 0.680 bits per heavy atom. The molecule has 0 bridgehead atoms. The molecule has 0 aromatic carbocycles. The van der Waals surface area contributed by atoms with Crippen molar-refractivity contribution < 1.29 is 4.57 Å². The molecule has 0 aliphatic carbocycles. The van der Waals surface area contributed by atoms with E-state index in [-0.39, 0.29) is 0 Å². The zero-order valence-corrected chi connectivity index (χ0v) is 35.1. The molecule has 1 aromatic rings. The van der Waals surface area contributed by atoms with E-state index in [1.54, 1.807) is 0 Å². The molecule has 0 amide bonds. The lowest BCUT2D eigenvalue weighted by molar-refractivity contribution is -0.768. The highest BCUT2D eigenvalue weighted by atomic mass is 15.0. The van der Waals surface area contributed by atoms with Gasteiger partial charge in [0.05, 0.1) is 0 Å². The Morgan fingerprint density at radius 1 is 0.260 bits per heavy atom. The third-order valence-corrected chi connectivity index (χ3v) is 12.0. The number of pyridine rings is 1. The Bertz CT molecular complexity index is 720. The summed E-state index contributed by atoms with van der Waals surface area (Å²) in [5.41, 5.74) is 0.333. The first-order chi connectivity index (χ1) is 24.8.